The molecule has 0 spiro atoms. The molecule has 1 rings (SSSR count). The van der Waals surface area contributed by atoms with Gasteiger partial charge in [-0.15, -0.1) is 0 Å². The Balaban J connectivity index is 0. The molecule has 1 aliphatic carbocycles. The standard InChI is InChI=1S/C4H8.2CHNO/c1-2-4-3-1;2*2-1-3/h1-4H2;2*2H/i1D,4D;;. The predicted octanol–water partition coefficient (Wildman–Crippen LogP) is 1.36. The van der Waals surface area contributed by atoms with Gasteiger partial charge in [0.15, 0.2) is 0 Å². The molecule has 0 atom stereocenters. The van der Waals surface area contributed by atoms with Crippen molar-refractivity contribution in [3.05, 3.63) is 0 Å². The van der Waals surface area contributed by atoms with E-state index in [1.165, 1.54) is 0 Å². The number of isocyanates is 2. The van der Waals surface area contributed by atoms with Crippen LogP contribution in [0.15, 0.2) is 0 Å². The maximum atomic E-state index is 8.35. The van der Waals surface area contributed by atoms with Crippen molar-refractivity contribution in [3.8, 4) is 0 Å². The molecule has 0 saturated heterocycles. The molecule has 4 nitrogen and oxygen atoms in total. The average Bonchev–Trinajstić information content (AvgIpc) is 1.88. The molecule has 0 aromatic carbocycles. The highest BCUT2D eigenvalue weighted by atomic mass is 16.1. The normalized spacial score (nSPS) is 28.8. The third-order valence-corrected chi connectivity index (χ3v) is 0.667. The van der Waals surface area contributed by atoms with Crippen LogP contribution < -0.4 is 0 Å². The van der Waals surface area contributed by atoms with E-state index >= 15 is 0 Å². The number of carbonyl (C=O) groups excluding carboxylic acids is 2. The fraction of sp³-hybridized carbons (Fsp3) is 0.667. The minimum absolute atomic E-state index is 0.104. The lowest BCUT2D eigenvalue weighted by Gasteiger charge is -2.05. The van der Waals surface area contributed by atoms with Gasteiger partial charge in [-0.3, -0.25) is 0 Å². The molecule has 0 heterocycles. The van der Waals surface area contributed by atoms with Crippen molar-refractivity contribution >= 4 is 12.2 Å². The Kier molecular flexibility index (Phi) is 10.8. The minimum Gasteiger partial charge on any atom is -0.222 e. The molecule has 4 heteroatoms. The van der Waals surface area contributed by atoms with E-state index < -0.39 is 0 Å². The summed E-state index contributed by atoms with van der Waals surface area (Å²) in [5.74, 6) is 0. The van der Waals surface area contributed by atoms with E-state index in [9.17, 15) is 0 Å². The summed E-state index contributed by atoms with van der Waals surface area (Å²) in [4.78, 5) is 16.7. The van der Waals surface area contributed by atoms with Crippen LogP contribution in [0.5, 0.6) is 0 Å². The Labute approximate surface area is 62.1 Å². The monoisotopic (exact) mass is 144 g/mol. The highest BCUT2D eigenvalue weighted by molar-refractivity contribution is 5.26. The quantitative estimate of drug-likeness (QED) is 0.397. The number of hydrogen-bond donors (Lipinski definition) is 2. The summed E-state index contributed by atoms with van der Waals surface area (Å²) in [6.45, 7) is 0. The third-order valence-electron chi connectivity index (χ3n) is 0.667. The molecule has 1 saturated carbocycles. The van der Waals surface area contributed by atoms with E-state index in [2.05, 4.69) is 0 Å². The van der Waals surface area contributed by atoms with Crippen molar-refractivity contribution in [1.82, 2.24) is 0 Å². The number of nitrogens with one attached hydrogen (secondary N) is 2. The van der Waals surface area contributed by atoms with Crippen LogP contribution in [0.3, 0.4) is 0 Å². The van der Waals surface area contributed by atoms with Crippen LogP contribution in [-0.2, 0) is 9.59 Å². The molecule has 0 aliphatic heterocycles. The zero-order valence-electron chi connectivity index (χ0n) is 7.39. The Hall–Kier alpha value is -1.24. The summed E-state index contributed by atoms with van der Waals surface area (Å²) in [5.41, 5.74) is 0. The zero-order valence-corrected chi connectivity index (χ0v) is 5.39. The van der Waals surface area contributed by atoms with Crippen molar-refractivity contribution in [2.24, 2.45) is 0 Å². The lowest BCUT2D eigenvalue weighted by molar-refractivity contribution is 0.504. The summed E-state index contributed by atoms with van der Waals surface area (Å²) < 4.78 is 13.8. The molecule has 0 radical (unpaired) electrons. The largest absolute Gasteiger partial charge is 0.231 e. The fourth-order valence-corrected chi connectivity index (χ4v) is 0.167. The fourth-order valence-electron chi connectivity index (χ4n) is 0.167. The molecule has 0 amide bonds. The molecule has 2 N–H and O–H groups in total. The van der Waals surface area contributed by atoms with Gasteiger partial charge in [-0.2, -0.15) is 0 Å². The summed E-state index contributed by atoms with van der Waals surface area (Å²) in [6, 6.07) is 0. The van der Waals surface area contributed by atoms with Gasteiger partial charge in [-0.25, -0.2) is 20.4 Å². The number of hydrogen-bond acceptors (Lipinski definition) is 4. The summed E-state index contributed by atoms with van der Waals surface area (Å²) in [7, 11) is 0. The van der Waals surface area contributed by atoms with Crippen molar-refractivity contribution < 1.29 is 12.3 Å². The van der Waals surface area contributed by atoms with Crippen molar-refractivity contribution in [3.63, 3.8) is 0 Å². The lowest BCUT2D eigenvalue weighted by Crippen LogP contribution is -1.85. The summed E-state index contributed by atoms with van der Waals surface area (Å²) in [5, 5.41) is 10.8. The van der Waals surface area contributed by atoms with Gasteiger partial charge in [0.1, 0.15) is 0 Å². The second kappa shape index (κ2) is 15.7. The lowest BCUT2D eigenvalue weighted by atomic mass is 10.0. The third kappa shape index (κ3) is 29.4. The number of rotatable bonds is 0. The Morgan fingerprint density at radius 3 is 1.30 bits per heavy atom. The minimum atomic E-state index is 0.104. The highest BCUT2D eigenvalue weighted by Gasteiger charge is 1.95. The predicted molar refractivity (Wildman–Crippen MR) is 35.3 cm³/mol. The summed E-state index contributed by atoms with van der Waals surface area (Å²) in [6.07, 6.45) is 3.32. The second-order valence-corrected chi connectivity index (χ2v) is 1.25. The highest BCUT2D eigenvalue weighted by Crippen LogP contribution is 2.15. The van der Waals surface area contributed by atoms with Crippen LogP contribution in [-0.4, -0.2) is 12.2 Å². The van der Waals surface area contributed by atoms with E-state index in [1.54, 1.807) is 0 Å². The van der Waals surface area contributed by atoms with Gasteiger partial charge in [0, 0.05) is 2.74 Å². The zero-order chi connectivity index (χ0) is 9.98. The Bertz CT molecular complexity index is 150. The molecule has 0 unspecified atom stereocenters. The van der Waals surface area contributed by atoms with Gasteiger partial charge in [0.2, 0.25) is 12.2 Å². The first-order valence-electron chi connectivity index (χ1n) is 3.70. The van der Waals surface area contributed by atoms with Gasteiger partial charge in [-0.05, 0) is 0 Å². The molecule has 1 fully saturated rings. The van der Waals surface area contributed by atoms with Gasteiger partial charge in [0.25, 0.3) is 0 Å². The maximum Gasteiger partial charge on any atom is 0.231 e. The molecule has 10 heavy (non-hydrogen) atoms. The van der Waals surface area contributed by atoms with Crippen molar-refractivity contribution in [2.75, 3.05) is 0 Å². The van der Waals surface area contributed by atoms with Crippen LogP contribution in [0.2, 0.25) is 0 Å². The molecule has 0 aromatic rings. The van der Waals surface area contributed by atoms with Gasteiger partial charge < -0.3 is 0 Å². The van der Waals surface area contributed by atoms with Crippen LogP contribution in [0, 0.1) is 10.8 Å². The van der Waals surface area contributed by atoms with Crippen molar-refractivity contribution in [1.29, 1.82) is 10.8 Å². The van der Waals surface area contributed by atoms with Crippen molar-refractivity contribution in [2.45, 2.75) is 25.6 Å². The van der Waals surface area contributed by atoms with E-state index in [-0.39, 0.29) is 12.8 Å². The van der Waals surface area contributed by atoms with Crippen LogP contribution in [0.4, 0.5) is 0 Å². The summed E-state index contributed by atoms with van der Waals surface area (Å²) >= 11 is 0. The smallest absolute Gasteiger partial charge is 0.222 e. The van der Waals surface area contributed by atoms with E-state index in [1.807, 2.05) is 0 Å². The maximum absolute atomic E-state index is 8.35. The van der Waals surface area contributed by atoms with Gasteiger partial charge in [-0.1, -0.05) is 25.6 Å². The Morgan fingerprint density at radius 1 is 1.10 bits per heavy atom. The molecule has 1 aliphatic rings. The van der Waals surface area contributed by atoms with Crippen LogP contribution in [0.1, 0.15) is 28.4 Å². The van der Waals surface area contributed by atoms with Crippen LogP contribution >= 0.6 is 0 Å². The molecule has 0 aromatic heterocycles. The van der Waals surface area contributed by atoms with Gasteiger partial charge >= 0.3 is 0 Å². The molecular weight excluding hydrogens is 132 g/mol. The topological polar surface area (TPSA) is 81.8 Å². The van der Waals surface area contributed by atoms with Gasteiger partial charge in [0.05, 0.1) is 0 Å². The molecular formula is C6H10N2O2. The molecule has 0 bridgehead atoms. The van der Waals surface area contributed by atoms with E-state index in [0.717, 1.165) is 25.0 Å². The first-order chi connectivity index (χ1) is 5.62. The van der Waals surface area contributed by atoms with Crippen LogP contribution in [0.25, 0.3) is 0 Å². The first kappa shape index (κ1) is 6.87. The Morgan fingerprint density at radius 2 is 1.30 bits per heavy atom. The molecule has 56 valence electrons. The van der Waals surface area contributed by atoms with E-state index in [0.29, 0.717) is 0 Å². The SMILES string of the molecule is N=C=O.N=C=O.[2H]C1CC([2H])C1. The first-order valence-corrected chi connectivity index (χ1v) is 2.54. The average molecular weight is 144 g/mol. The second-order valence-electron chi connectivity index (χ2n) is 1.25. The van der Waals surface area contributed by atoms with E-state index in [4.69, 9.17) is 23.1 Å².